The van der Waals surface area contributed by atoms with Crippen LogP contribution in [0.25, 0.3) is 10.8 Å². The van der Waals surface area contributed by atoms with E-state index in [1.807, 2.05) is 0 Å². The average Bonchev–Trinajstić information content (AvgIpc) is 2.82. The summed E-state index contributed by atoms with van der Waals surface area (Å²) in [7, 11) is 0. The van der Waals surface area contributed by atoms with Gasteiger partial charge in [-0.05, 0) is 30.2 Å². The first-order valence-corrected chi connectivity index (χ1v) is 7.87. The predicted octanol–water partition coefficient (Wildman–Crippen LogP) is 3.66. The van der Waals surface area contributed by atoms with Gasteiger partial charge in [0.25, 0.3) is 0 Å². The largest absolute Gasteiger partial charge is 0.271 e. The van der Waals surface area contributed by atoms with Crippen LogP contribution in [0.4, 0.5) is 0 Å². The van der Waals surface area contributed by atoms with Gasteiger partial charge in [0.2, 0.25) is 0 Å². The highest BCUT2D eigenvalue weighted by atomic mass is 32.1. The molecule has 2 aromatic carbocycles. The molecule has 0 aliphatic heterocycles. The summed E-state index contributed by atoms with van der Waals surface area (Å²) in [5, 5.41) is 3.61. The van der Waals surface area contributed by atoms with Crippen molar-refractivity contribution in [3.05, 3.63) is 63.6 Å². The number of benzene rings is 2. The normalized spacial score (nSPS) is 12.7. The van der Waals surface area contributed by atoms with Crippen LogP contribution in [-0.4, -0.2) is 4.98 Å². The zero-order valence-corrected chi connectivity index (χ0v) is 13.1. The fourth-order valence-corrected chi connectivity index (χ4v) is 3.59. The molecule has 1 aromatic heterocycles. The standard InChI is InChI=1S/C17H19N3S/c1-11-12(2)21-17(19-11)10-16(20-18)15-9-5-7-13-6-3-4-8-14(13)15/h3-9,16,20H,10,18H2,1-2H3. The number of nitrogens with zero attached hydrogens (tertiary/aromatic N) is 1. The zero-order chi connectivity index (χ0) is 14.8. The molecule has 0 bridgehead atoms. The summed E-state index contributed by atoms with van der Waals surface area (Å²) in [6.45, 7) is 4.16. The summed E-state index contributed by atoms with van der Waals surface area (Å²) in [5.41, 5.74) is 5.29. The van der Waals surface area contributed by atoms with Gasteiger partial charge in [-0.15, -0.1) is 11.3 Å². The first-order valence-electron chi connectivity index (χ1n) is 7.05. The van der Waals surface area contributed by atoms with Gasteiger partial charge in [0, 0.05) is 11.3 Å². The Labute approximate surface area is 128 Å². The van der Waals surface area contributed by atoms with Crippen molar-refractivity contribution < 1.29 is 0 Å². The second kappa shape index (κ2) is 5.93. The maximum Gasteiger partial charge on any atom is 0.0950 e. The van der Waals surface area contributed by atoms with Crippen molar-refractivity contribution in [3.8, 4) is 0 Å². The quantitative estimate of drug-likeness (QED) is 0.571. The smallest absolute Gasteiger partial charge is 0.0950 e. The number of thiazole rings is 1. The van der Waals surface area contributed by atoms with Gasteiger partial charge in [-0.25, -0.2) is 4.98 Å². The van der Waals surface area contributed by atoms with Crippen molar-refractivity contribution >= 4 is 22.1 Å². The third-order valence-electron chi connectivity index (χ3n) is 3.85. The predicted molar refractivity (Wildman–Crippen MR) is 89.3 cm³/mol. The Morgan fingerprint density at radius 1 is 1.14 bits per heavy atom. The molecule has 0 saturated heterocycles. The molecular formula is C17H19N3S. The van der Waals surface area contributed by atoms with E-state index < -0.39 is 0 Å². The van der Waals surface area contributed by atoms with Crippen LogP contribution < -0.4 is 11.3 Å². The van der Waals surface area contributed by atoms with E-state index in [9.17, 15) is 0 Å². The molecule has 0 aliphatic carbocycles. The number of aromatic nitrogens is 1. The van der Waals surface area contributed by atoms with Crippen molar-refractivity contribution in [2.24, 2.45) is 5.84 Å². The maximum atomic E-state index is 5.82. The van der Waals surface area contributed by atoms with Crippen molar-refractivity contribution in [2.45, 2.75) is 26.3 Å². The van der Waals surface area contributed by atoms with Gasteiger partial charge in [0.05, 0.1) is 16.7 Å². The van der Waals surface area contributed by atoms with Crippen molar-refractivity contribution in [1.29, 1.82) is 0 Å². The van der Waals surface area contributed by atoms with Crippen molar-refractivity contribution in [2.75, 3.05) is 0 Å². The van der Waals surface area contributed by atoms with Gasteiger partial charge in [-0.2, -0.15) is 0 Å². The minimum Gasteiger partial charge on any atom is -0.271 e. The van der Waals surface area contributed by atoms with Crippen molar-refractivity contribution in [1.82, 2.24) is 10.4 Å². The molecule has 108 valence electrons. The molecule has 3 aromatic rings. The van der Waals surface area contributed by atoms with Crippen LogP contribution in [-0.2, 0) is 6.42 Å². The first-order chi connectivity index (χ1) is 10.2. The number of fused-ring (bicyclic) bond motifs is 1. The minimum atomic E-state index is 0.0704. The van der Waals surface area contributed by atoms with Crippen LogP contribution in [0.2, 0.25) is 0 Å². The van der Waals surface area contributed by atoms with Crippen LogP contribution in [0.1, 0.15) is 27.2 Å². The molecule has 1 atom stereocenters. The number of hydrogen-bond donors (Lipinski definition) is 2. The summed E-state index contributed by atoms with van der Waals surface area (Å²) < 4.78 is 0. The summed E-state index contributed by atoms with van der Waals surface area (Å²) in [6, 6.07) is 14.8. The van der Waals surface area contributed by atoms with E-state index in [0.29, 0.717) is 0 Å². The van der Waals surface area contributed by atoms with Crippen molar-refractivity contribution in [3.63, 3.8) is 0 Å². The van der Waals surface area contributed by atoms with E-state index in [1.54, 1.807) is 11.3 Å². The van der Waals surface area contributed by atoms with E-state index in [1.165, 1.54) is 21.2 Å². The Hall–Kier alpha value is -1.75. The number of nitrogens with two attached hydrogens (primary N) is 1. The lowest BCUT2D eigenvalue weighted by molar-refractivity contribution is 0.554. The van der Waals surface area contributed by atoms with E-state index in [4.69, 9.17) is 5.84 Å². The molecule has 0 amide bonds. The lowest BCUT2D eigenvalue weighted by atomic mass is 9.97. The SMILES string of the molecule is Cc1nc(CC(NN)c2cccc3ccccc23)sc1C. The number of aryl methyl sites for hydroxylation is 2. The number of rotatable bonds is 4. The van der Waals surface area contributed by atoms with Gasteiger partial charge in [-0.1, -0.05) is 42.5 Å². The highest BCUT2D eigenvalue weighted by Crippen LogP contribution is 2.28. The Balaban J connectivity index is 1.98. The van der Waals surface area contributed by atoms with E-state index in [-0.39, 0.29) is 6.04 Å². The second-order valence-electron chi connectivity index (χ2n) is 5.24. The molecular weight excluding hydrogens is 278 g/mol. The maximum absolute atomic E-state index is 5.82. The fraction of sp³-hybridized carbons (Fsp3) is 0.235. The van der Waals surface area contributed by atoms with Crippen LogP contribution in [0, 0.1) is 13.8 Å². The number of nitrogens with one attached hydrogen (secondary N) is 1. The molecule has 4 heteroatoms. The number of hydrazine groups is 1. The molecule has 0 fully saturated rings. The molecule has 0 spiro atoms. The Kier molecular flexibility index (Phi) is 4.01. The molecule has 0 radical (unpaired) electrons. The molecule has 3 N–H and O–H groups in total. The highest BCUT2D eigenvalue weighted by Gasteiger charge is 2.16. The first kappa shape index (κ1) is 14.2. The molecule has 1 unspecified atom stereocenters. The molecule has 0 aliphatic rings. The Bertz CT molecular complexity index is 739. The third-order valence-corrected chi connectivity index (χ3v) is 4.95. The summed E-state index contributed by atoms with van der Waals surface area (Å²) in [5.74, 6) is 5.82. The summed E-state index contributed by atoms with van der Waals surface area (Å²) >= 11 is 1.75. The van der Waals surface area contributed by atoms with Gasteiger partial charge < -0.3 is 0 Å². The van der Waals surface area contributed by atoms with Gasteiger partial charge in [0.1, 0.15) is 0 Å². The molecule has 0 saturated carbocycles. The van der Waals surface area contributed by atoms with Gasteiger partial charge in [-0.3, -0.25) is 11.3 Å². The van der Waals surface area contributed by atoms with Gasteiger partial charge >= 0.3 is 0 Å². The van der Waals surface area contributed by atoms with E-state index in [2.05, 4.69) is 66.7 Å². The third kappa shape index (κ3) is 2.83. The van der Waals surface area contributed by atoms with E-state index >= 15 is 0 Å². The van der Waals surface area contributed by atoms with Gasteiger partial charge in [0.15, 0.2) is 0 Å². The second-order valence-corrected chi connectivity index (χ2v) is 6.53. The van der Waals surface area contributed by atoms with Crippen LogP contribution >= 0.6 is 11.3 Å². The fourth-order valence-electron chi connectivity index (χ4n) is 2.61. The summed E-state index contributed by atoms with van der Waals surface area (Å²) in [4.78, 5) is 5.90. The minimum absolute atomic E-state index is 0.0704. The van der Waals surface area contributed by atoms with Crippen LogP contribution in [0.15, 0.2) is 42.5 Å². The average molecular weight is 297 g/mol. The summed E-state index contributed by atoms with van der Waals surface area (Å²) in [6.07, 6.45) is 0.809. The molecule has 1 heterocycles. The topological polar surface area (TPSA) is 50.9 Å². The molecule has 3 nitrogen and oxygen atoms in total. The lowest BCUT2D eigenvalue weighted by Gasteiger charge is -2.17. The molecule has 21 heavy (non-hydrogen) atoms. The zero-order valence-electron chi connectivity index (χ0n) is 12.3. The Morgan fingerprint density at radius 2 is 1.90 bits per heavy atom. The molecule has 3 rings (SSSR count). The number of hydrogen-bond acceptors (Lipinski definition) is 4. The lowest BCUT2D eigenvalue weighted by Crippen LogP contribution is -2.29. The highest BCUT2D eigenvalue weighted by molar-refractivity contribution is 7.11. The van der Waals surface area contributed by atoms with Crippen LogP contribution in [0.5, 0.6) is 0 Å². The van der Waals surface area contributed by atoms with Crippen LogP contribution in [0.3, 0.4) is 0 Å². The Morgan fingerprint density at radius 3 is 2.62 bits per heavy atom. The van der Waals surface area contributed by atoms with E-state index in [0.717, 1.165) is 17.1 Å². The monoisotopic (exact) mass is 297 g/mol.